The number of methoxy groups -OCH3 is 1. The van der Waals surface area contributed by atoms with E-state index >= 15 is 0 Å². The van der Waals surface area contributed by atoms with Crippen molar-refractivity contribution in [3.63, 3.8) is 0 Å². The fourth-order valence-electron chi connectivity index (χ4n) is 5.08. The summed E-state index contributed by atoms with van der Waals surface area (Å²) in [5.74, 6) is 0.637. The number of pyridine rings is 1. The Morgan fingerprint density at radius 1 is 1.03 bits per heavy atom. The number of halogens is 1. The minimum Gasteiger partial charge on any atom is -0.383 e. The van der Waals surface area contributed by atoms with Gasteiger partial charge in [-0.2, -0.15) is 0 Å². The van der Waals surface area contributed by atoms with Gasteiger partial charge in [-0.05, 0) is 83.6 Å². The Bertz CT molecular complexity index is 1470. The second-order valence-corrected chi connectivity index (χ2v) is 10.1. The summed E-state index contributed by atoms with van der Waals surface area (Å²) in [6.45, 7) is 10.3. The molecule has 1 aliphatic heterocycles. The number of nitrogens with zero attached hydrogens (tertiary/aromatic N) is 6. The third-order valence-electron chi connectivity index (χ3n) is 7.28. The van der Waals surface area contributed by atoms with Crippen LogP contribution in [0.5, 0.6) is 0 Å². The van der Waals surface area contributed by atoms with E-state index in [1.807, 2.05) is 24.3 Å². The third kappa shape index (κ3) is 5.12. The molecular weight excluding hydrogens is 490 g/mol. The number of aromatic nitrogens is 5. The number of aromatic amines is 1. The van der Waals surface area contributed by atoms with E-state index in [9.17, 15) is 4.79 Å². The first-order valence-electron chi connectivity index (χ1n) is 12.5. The highest BCUT2D eigenvalue weighted by atomic mass is 35.5. The van der Waals surface area contributed by atoms with Gasteiger partial charge in [0.2, 0.25) is 0 Å². The van der Waals surface area contributed by atoms with E-state index < -0.39 is 6.04 Å². The van der Waals surface area contributed by atoms with E-state index in [2.05, 4.69) is 63.2 Å². The van der Waals surface area contributed by atoms with Crippen molar-refractivity contribution >= 4 is 28.2 Å². The maximum atomic E-state index is 13.5. The van der Waals surface area contributed by atoms with E-state index in [0.29, 0.717) is 24.5 Å². The summed E-state index contributed by atoms with van der Waals surface area (Å²) in [4.78, 5) is 21.2. The van der Waals surface area contributed by atoms with Gasteiger partial charge in [-0.25, -0.2) is 4.68 Å². The lowest BCUT2D eigenvalue weighted by molar-refractivity contribution is 0.171. The molecular formula is C27H32ClN7O2. The van der Waals surface area contributed by atoms with Crippen LogP contribution in [0.4, 0.5) is 5.69 Å². The van der Waals surface area contributed by atoms with Gasteiger partial charge in [0.15, 0.2) is 5.82 Å². The van der Waals surface area contributed by atoms with E-state index in [1.54, 1.807) is 11.8 Å². The number of anilines is 1. The minimum absolute atomic E-state index is 0.129. The lowest BCUT2D eigenvalue weighted by Crippen LogP contribution is -2.49. The quantitative estimate of drug-likeness (QED) is 0.397. The van der Waals surface area contributed by atoms with Gasteiger partial charge in [0.1, 0.15) is 6.04 Å². The van der Waals surface area contributed by atoms with Gasteiger partial charge in [-0.15, -0.1) is 5.10 Å². The zero-order valence-corrected chi connectivity index (χ0v) is 22.4. The fourth-order valence-corrected chi connectivity index (χ4v) is 5.25. The molecule has 4 aromatic rings. The number of hydrogen-bond donors (Lipinski definition) is 1. The Labute approximate surface area is 221 Å². The number of fused-ring (bicyclic) bond motifs is 1. The zero-order valence-electron chi connectivity index (χ0n) is 21.7. The van der Waals surface area contributed by atoms with Crippen LogP contribution in [0.25, 0.3) is 10.9 Å². The van der Waals surface area contributed by atoms with Crippen molar-refractivity contribution in [3.05, 3.63) is 79.9 Å². The van der Waals surface area contributed by atoms with Gasteiger partial charge in [0, 0.05) is 55.1 Å². The number of aryl methyl sites for hydroxylation is 3. The molecule has 0 amide bonds. The maximum Gasteiger partial charge on any atom is 0.253 e. The summed E-state index contributed by atoms with van der Waals surface area (Å²) in [5.41, 5.74) is 5.99. The molecule has 1 atom stereocenters. The lowest BCUT2D eigenvalue weighted by Gasteiger charge is -2.40. The first kappa shape index (κ1) is 25.4. The molecule has 10 heteroatoms. The standard InChI is InChI=1S/C27H32ClN7O2/c1-17-5-6-21(28)16-24(17)33-7-9-34(10-8-33)25(26-30-31-32-35(26)11-12-37-4)22-15-20-13-18(2)19(3)14-23(20)29-27(22)36/h5-6,13-16,25H,7-12H2,1-4H3,(H,29,36)/t25-/m1/s1. The van der Waals surface area contributed by atoms with Crippen LogP contribution in [-0.2, 0) is 11.3 Å². The molecule has 2 aromatic heterocycles. The average Bonchev–Trinajstić information content (AvgIpc) is 3.34. The normalized spacial score (nSPS) is 15.4. The minimum atomic E-state index is -0.399. The number of hydrogen-bond acceptors (Lipinski definition) is 7. The molecule has 1 saturated heterocycles. The number of ether oxygens (including phenoxy) is 1. The van der Waals surface area contributed by atoms with Crippen LogP contribution in [0.1, 0.15) is 34.1 Å². The first-order valence-corrected chi connectivity index (χ1v) is 12.9. The van der Waals surface area contributed by atoms with Crippen molar-refractivity contribution in [2.45, 2.75) is 33.4 Å². The van der Waals surface area contributed by atoms with Crippen LogP contribution in [-0.4, -0.2) is 70.0 Å². The molecule has 1 N–H and O–H groups in total. The molecule has 1 aliphatic rings. The van der Waals surface area contributed by atoms with Crippen molar-refractivity contribution in [1.82, 2.24) is 30.1 Å². The van der Waals surface area contributed by atoms with Crippen molar-refractivity contribution in [2.24, 2.45) is 0 Å². The molecule has 0 bridgehead atoms. The largest absolute Gasteiger partial charge is 0.383 e. The van der Waals surface area contributed by atoms with Crippen molar-refractivity contribution in [1.29, 1.82) is 0 Å². The zero-order chi connectivity index (χ0) is 26.1. The van der Waals surface area contributed by atoms with E-state index in [0.717, 1.165) is 53.4 Å². The average molecular weight is 522 g/mol. The number of H-pyrrole nitrogens is 1. The number of rotatable bonds is 7. The van der Waals surface area contributed by atoms with Gasteiger partial charge in [-0.3, -0.25) is 9.69 Å². The van der Waals surface area contributed by atoms with Crippen LogP contribution in [0.3, 0.4) is 0 Å². The van der Waals surface area contributed by atoms with Gasteiger partial charge < -0.3 is 14.6 Å². The van der Waals surface area contributed by atoms with E-state index in [1.165, 1.54) is 11.1 Å². The molecule has 9 nitrogen and oxygen atoms in total. The molecule has 0 aliphatic carbocycles. The Morgan fingerprint density at radius 3 is 2.54 bits per heavy atom. The van der Waals surface area contributed by atoms with E-state index in [-0.39, 0.29) is 5.56 Å². The summed E-state index contributed by atoms with van der Waals surface area (Å²) in [5, 5.41) is 14.3. The Morgan fingerprint density at radius 2 is 1.78 bits per heavy atom. The molecule has 2 aromatic carbocycles. The second kappa shape index (κ2) is 10.6. The van der Waals surface area contributed by atoms with Crippen molar-refractivity contribution < 1.29 is 4.74 Å². The maximum absolute atomic E-state index is 13.5. The summed E-state index contributed by atoms with van der Waals surface area (Å²) >= 11 is 6.30. The van der Waals surface area contributed by atoms with Crippen LogP contribution in [0, 0.1) is 20.8 Å². The fraction of sp³-hybridized carbons (Fsp3) is 0.407. The molecule has 0 spiro atoms. The Balaban J connectivity index is 1.53. The highest BCUT2D eigenvalue weighted by Gasteiger charge is 2.33. The number of nitrogens with one attached hydrogen (secondary N) is 1. The topological polar surface area (TPSA) is 92.2 Å². The summed E-state index contributed by atoms with van der Waals surface area (Å²) < 4.78 is 7.02. The molecule has 5 rings (SSSR count). The molecule has 0 saturated carbocycles. The molecule has 0 radical (unpaired) electrons. The lowest BCUT2D eigenvalue weighted by atomic mass is 10.00. The summed E-state index contributed by atoms with van der Waals surface area (Å²) in [7, 11) is 1.65. The van der Waals surface area contributed by atoms with Crippen molar-refractivity contribution in [2.75, 3.05) is 44.8 Å². The second-order valence-electron chi connectivity index (χ2n) is 9.69. The number of piperazine rings is 1. The van der Waals surface area contributed by atoms with Gasteiger partial charge in [0.05, 0.1) is 13.2 Å². The van der Waals surface area contributed by atoms with Crippen LogP contribution < -0.4 is 10.5 Å². The van der Waals surface area contributed by atoms with Crippen LogP contribution >= 0.6 is 11.6 Å². The van der Waals surface area contributed by atoms with Gasteiger partial charge in [0.25, 0.3) is 5.56 Å². The van der Waals surface area contributed by atoms with Crippen LogP contribution in [0.15, 0.2) is 41.2 Å². The molecule has 37 heavy (non-hydrogen) atoms. The molecule has 3 heterocycles. The van der Waals surface area contributed by atoms with Gasteiger partial charge >= 0.3 is 0 Å². The predicted octanol–water partition coefficient (Wildman–Crippen LogP) is 3.65. The highest BCUT2D eigenvalue weighted by molar-refractivity contribution is 6.30. The molecule has 194 valence electrons. The SMILES string of the molecule is COCCn1nnnc1[C@@H](c1cc2cc(C)c(C)cc2[nH]c1=O)N1CCN(c2cc(Cl)ccc2C)CC1. The molecule has 0 unspecified atom stereocenters. The number of tetrazole rings is 1. The number of benzene rings is 2. The van der Waals surface area contributed by atoms with Crippen LogP contribution in [0.2, 0.25) is 5.02 Å². The summed E-state index contributed by atoms with van der Waals surface area (Å²) in [6, 6.07) is 11.7. The highest BCUT2D eigenvalue weighted by Crippen LogP contribution is 2.31. The Hall–Kier alpha value is -3.27. The molecule has 1 fully saturated rings. The summed E-state index contributed by atoms with van der Waals surface area (Å²) in [6.07, 6.45) is 0. The van der Waals surface area contributed by atoms with Crippen molar-refractivity contribution in [3.8, 4) is 0 Å². The smallest absolute Gasteiger partial charge is 0.253 e. The van der Waals surface area contributed by atoms with E-state index in [4.69, 9.17) is 16.3 Å². The van der Waals surface area contributed by atoms with Gasteiger partial charge in [-0.1, -0.05) is 17.7 Å². The predicted molar refractivity (Wildman–Crippen MR) is 146 cm³/mol. The Kier molecular flexibility index (Phi) is 7.28. The first-order chi connectivity index (χ1) is 17.9. The third-order valence-corrected chi connectivity index (χ3v) is 7.52. The monoisotopic (exact) mass is 521 g/mol.